The number of aromatic nitrogens is 1. The SMILES string of the molecule is CC(N)Cc1ccc(OCOCC2CC2)cn1. The molecule has 0 amide bonds. The number of hydrogen-bond acceptors (Lipinski definition) is 4. The maximum atomic E-state index is 5.70. The van der Waals surface area contributed by atoms with E-state index in [1.54, 1.807) is 6.20 Å². The molecule has 0 bridgehead atoms. The number of hydrogen-bond donors (Lipinski definition) is 1. The highest BCUT2D eigenvalue weighted by atomic mass is 16.7. The van der Waals surface area contributed by atoms with Crippen LogP contribution in [0.2, 0.25) is 0 Å². The zero-order valence-corrected chi connectivity index (χ0v) is 10.3. The molecule has 4 heteroatoms. The van der Waals surface area contributed by atoms with Crippen LogP contribution < -0.4 is 10.5 Å². The minimum absolute atomic E-state index is 0.135. The molecule has 0 radical (unpaired) electrons. The normalized spacial score (nSPS) is 16.8. The molecule has 0 spiro atoms. The molecular weight excluding hydrogens is 216 g/mol. The predicted molar refractivity (Wildman–Crippen MR) is 65.8 cm³/mol. The first kappa shape index (κ1) is 12.3. The van der Waals surface area contributed by atoms with Gasteiger partial charge in [-0.15, -0.1) is 0 Å². The molecule has 1 unspecified atom stereocenters. The Morgan fingerprint density at radius 3 is 2.88 bits per heavy atom. The van der Waals surface area contributed by atoms with Gasteiger partial charge in [0.25, 0.3) is 0 Å². The van der Waals surface area contributed by atoms with E-state index in [2.05, 4.69) is 4.98 Å². The number of nitrogens with zero attached hydrogens (tertiary/aromatic N) is 1. The van der Waals surface area contributed by atoms with Crippen LogP contribution in [-0.4, -0.2) is 24.4 Å². The standard InChI is InChI=1S/C13H20N2O2/c1-10(14)6-12-4-5-13(7-15-12)17-9-16-8-11-2-3-11/h4-5,7,10-11H,2-3,6,8-9,14H2,1H3. The third-order valence-electron chi connectivity index (χ3n) is 2.69. The molecule has 2 rings (SSSR count). The average Bonchev–Trinajstić information content (AvgIpc) is 3.10. The van der Waals surface area contributed by atoms with Gasteiger partial charge in [-0.3, -0.25) is 4.98 Å². The molecular formula is C13H20N2O2. The van der Waals surface area contributed by atoms with Crippen molar-refractivity contribution in [2.75, 3.05) is 13.4 Å². The monoisotopic (exact) mass is 236 g/mol. The van der Waals surface area contributed by atoms with Gasteiger partial charge in [0.2, 0.25) is 0 Å². The van der Waals surface area contributed by atoms with E-state index in [0.29, 0.717) is 6.79 Å². The third-order valence-corrected chi connectivity index (χ3v) is 2.69. The van der Waals surface area contributed by atoms with Crippen LogP contribution in [0, 0.1) is 5.92 Å². The van der Waals surface area contributed by atoms with Crippen molar-refractivity contribution >= 4 is 0 Å². The second-order valence-corrected chi connectivity index (χ2v) is 4.74. The maximum Gasteiger partial charge on any atom is 0.189 e. The Labute approximate surface area is 102 Å². The van der Waals surface area contributed by atoms with Crippen LogP contribution in [0.3, 0.4) is 0 Å². The number of ether oxygens (including phenoxy) is 2. The van der Waals surface area contributed by atoms with E-state index in [1.807, 2.05) is 19.1 Å². The molecule has 0 aliphatic heterocycles. The van der Waals surface area contributed by atoms with E-state index in [0.717, 1.165) is 30.4 Å². The van der Waals surface area contributed by atoms with Crippen molar-refractivity contribution in [2.24, 2.45) is 11.7 Å². The summed E-state index contributed by atoms with van der Waals surface area (Å²) in [5, 5.41) is 0. The van der Waals surface area contributed by atoms with Gasteiger partial charge in [0, 0.05) is 18.2 Å². The van der Waals surface area contributed by atoms with Gasteiger partial charge in [-0.05, 0) is 37.8 Å². The molecule has 1 aliphatic carbocycles. The molecule has 1 aromatic rings. The van der Waals surface area contributed by atoms with Crippen LogP contribution in [0.5, 0.6) is 5.75 Å². The molecule has 2 N–H and O–H groups in total. The number of nitrogens with two attached hydrogens (primary N) is 1. The Hall–Kier alpha value is -1.13. The second kappa shape index (κ2) is 5.98. The van der Waals surface area contributed by atoms with E-state index < -0.39 is 0 Å². The van der Waals surface area contributed by atoms with Crippen molar-refractivity contribution in [3.05, 3.63) is 24.0 Å². The summed E-state index contributed by atoms with van der Waals surface area (Å²) >= 11 is 0. The molecule has 1 heterocycles. The summed E-state index contributed by atoms with van der Waals surface area (Å²) in [7, 11) is 0. The van der Waals surface area contributed by atoms with E-state index in [9.17, 15) is 0 Å². The van der Waals surface area contributed by atoms with E-state index >= 15 is 0 Å². The van der Waals surface area contributed by atoms with E-state index in [4.69, 9.17) is 15.2 Å². The van der Waals surface area contributed by atoms with Crippen molar-refractivity contribution in [3.63, 3.8) is 0 Å². The van der Waals surface area contributed by atoms with Gasteiger partial charge in [0.05, 0.1) is 12.8 Å². The van der Waals surface area contributed by atoms with Gasteiger partial charge < -0.3 is 15.2 Å². The quantitative estimate of drug-likeness (QED) is 0.578. The molecule has 1 aromatic heterocycles. The van der Waals surface area contributed by atoms with Gasteiger partial charge in [0.1, 0.15) is 5.75 Å². The summed E-state index contributed by atoms with van der Waals surface area (Å²) in [4.78, 5) is 4.28. The van der Waals surface area contributed by atoms with Crippen molar-refractivity contribution in [3.8, 4) is 5.75 Å². The fourth-order valence-electron chi connectivity index (χ4n) is 1.56. The molecule has 1 fully saturated rings. The van der Waals surface area contributed by atoms with Crippen molar-refractivity contribution < 1.29 is 9.47 Å². The maximum absolute atomic E-state index is 5.70. The summed E-state index contributed by atoms with van der Waals surface area (Å²) in [6.45, 7) is 3.10. The summed E-state index contributed by atoms with van der Waals surface area (Å²) in [6.07, 6.45) is 5.11. The van der Waals surface area contributed by atoms with Crippen LogP contribution >= 0.6 is 0 Å². The Kier molecular flexibility index (Phi) is 4.34. The second-order valence-electron chi connectivity index (χ2n) is 4.74. The van der Waals surface area contributed by atoms with Gasteiger partial charge >= 0.3 is 0 Å². The molecule has 17 heavy (non-hydrogen) atoms. The van der Waals surface area contributed by atoms with E-state index in [1.165, 1.54) is 12.8 Å². The minimum atomic E-state index is 0.135. The third kappa shape index (κ3) is 4.71. The molecule has 0 saturated heterocycles. The van der Waals surface area contributed by atoms with Crippen LogP contribution in [0.1, 0.15) is 25.5 Å². The Bertz CT molecular complexity index is 334. The fraction of sp³-hybridized carbons (Fsp3) is 0.615. The summed E-state index contributed by atoms with van der Waals surface area (Å²) in [5.41, 5.74) is 6.70. The highest BCUT2D eigenvalue weighted by Crippen LogP contribution is 2.28. The largest absolute Gasteiger partial charge is 0.466 e. The minimum Gasteiger partial charge on any atom is -0.466 e. The van der Waals surface area contributed by atoms with Crippen molar-refractivity contribution in [1.82, 2.24) is 4.98 Å². The van der Waals surface area contributed by atoms with Gasteiger partial charge in [-0.1, -0.05) is 0 Å². The van der Waals surface area contributed by atoms with Crippen molar-refractivity contribution in [1.29, 1.82) is 0 Å². The molecule has 4 nitrogen and oxygen atoms in total. The van der Waals surface area contributed by atoms with Gasteiger partial charge in [-0.25, -0.2) is 0 Å². The van der Waals surface area contributed by atoms with Crippen LogP contribution in [0.15, 0.2) is 18.3 Å². The summed E-state index contributed by atoms with van der Waals surface area (Å²) in [5.74, 6) is 1.51. The molecule has 1 saturated carbocycles. The Morgan fingerprint density at radius 2 is 2.29 bits per heavy atom. The fourth-order valence-corrected chi connectivity index (χ4v) is 1.56. The lowest BCUT2D eigenvalue weighted by Gasteiger charge is -2.08. The highest BCUT2D eigenvalue weighted by Gasteiger charge is 2.21. The lowest BCUT2D eigenvalue weighted by Crippen LogP contribution is -2.18. The smallest absolute Gasteiger partial charge is 0.189 e. The zero-order chi connectivity index (χ0) is 12.1. The number of rotatable bonds is 7. The number of pyridine rings is 1. The molecule has 94 valence electrons. The average molecular weight is 236 g/mol. The van der Waals surface area contributed by atoms with E-state index in [-0.39, 0.29) is 6.04 Å². The van der Waals surface area contributed by atoms with Gasteiger partial charge in [0.15, 0.2) is 6.79 Å². The predicted octanol–water partition coefficient (Wildman–Crippen LogP) is 1.73. The van der Waals surface area contributed by atoms with Crippen LogP contribution in [-0.2, 0) is 11.2 Å². The molecule has 1 aliphatic rings. The highest BCUT2D eigenvalue weighted by molar-refractivity contribution is 5.20. The summed E-state index contributed by atoms with van der Waals surface area (Å²) in [6, 6.07) is 3.99. The lowest BCUT2D eigenvalue weighted by atomic mass is 10.2. The topological polar surface area (TPSA) is 57.4 Å². The van der Waals surface area contributed by atoms with Crippen LogP contribution in [0.25, 0.3) is 0 Å². The van der Waals surface area contributed by atoms with Crippen LogP contribution in [0.4, 0.5) is 0 Å². The molecule has 0 aromatic carbocycles. The lowest BCUT2D eigenvalue weighted by molar-refractivity contribution is 0.00977. The first-order valence-electron chi connectivity index (χ1n) is 6.15. The van der Waals surface area contributed by atoms with Crippen molar-refractivity contribution in [2.45, 2.75) is 32.2 Å². The molecule has 1 atom stereocenters. The Morgan fingerprint density at radius 1 is 1.47 bits per heavy atom. The Balaban J connectivity index is 1.69. The first-order chi connectivity index (χ1) is 8.24. The summed E-state index contributed by atoms with van der Waals surface area (Å²) < 4.78 is 10.8. The first-order valence-corrected chi connectivity index (χ1v) is 6.15. The zero-order valence-electron chi connectivity index (χ0n) is 10.3. The van der Waals surface area contributed by atoms with Gasteiger partial charge in [-0.2, -0.15) is 0 Å².